The van der Waals surface area contributed by atoms with Gasteiger partial charge < -0.3 is 5.32 Å². The SMILES string of the molecule is C=CC(=C\NCCCCCC)/C(C=C)=N/c1ccccc1C. The predicted molar refractivity (Wildman–Crippen MR) is 98.9 cm³/mol. The standard InChI is InChI=1S/C20H28N2/c1-5-8-9-12-15-21-16-18(6-2)19(7-3)22-20-14-11-10-13-17(20)4/h6-7,10-11,13-14,16,21H,2-3,5,8-9,12,15H2,1,4H3/b18-16+,22-19+. The van der Waals surface area contributed by atoms with Crippen LogP contribution in [0.3, 0.4) is 0 Å². The maximum absolute atomic E-state index is 4.70. The van der Waals surface area contributed by atoms with Gasteiger partial charge in [0.1, 0.15) is 0 Å². The lowest BCUT2D eigenvalue weighted by Gasteiger charge is -2.07. The summed E-state index contributed by atoms with van der Waals surface area (Å²) in [7, 11) is 0. The molecule has 0 saturated carbocycles. The molecule has 1 aromatic carbocycles. The van der Waals surface area contributed by atoms with E-state index in [2.05, 4.69) is 38.4 Å². The highest BCUT2D eigenvalue weighted by Gasteiger charge is 2.01. The molecule has 0 radical (unpaired) electrons. The van der Waals surface area contributed by atoms with Crippen LogP contribution in [0.2, 0.25) is 0 Å². The summed E-state index contributed by atoms with van der Waals surface area (Å²) in [6.07, 6.45) is 10.6. The van der Waals surface area contributed by atoms with Gasteiger partial charge in [-0.1, -0.05) is 63.6 Å². The van der Waals surface area contributed by atoms with Crippen LogP contribution in [0.1, 0.15) is 38.2 Å². The van der Waals surface area contributed by atoms with Crippen LogP contribution in [0.25, 0.3) is 0 Å². The first-order chi connectivity index (χ1) is 10.7. The highest BCUT2D eigenvalue weighted by Crippen LogP contribution is 2.19. The lowest BCUT2D eigenvalue weighted by Crippen LogP contribution is -2.10. The van der Waals surface area contributed by atoms with E-state index in [1.165, 1.54) is 25.7 Å². The van der Waals surface area contributed by atoms with Crippen molar-refractivity contribution in [3.05, 3.63) is 66.9 Å². The van der Waals surface area contributed by atoms with Crippen molar-refractivity contribution in [2.45, 2.75) is 39.5 Å². The Morgan fingerprint density at radius 2 is 1.91 bits per heavy atom. The molecule has 0 aliphatic rings. The fourth-order valence-electron chi connectivity index (χ4n) is 2.12. The Morgan fingerprint density at radius 1 is 1.14 bits per heavy atom. The fourth-order valence-corrected chi connectivity index (χ4v) is 2.12. The monoisotopic (exact) mass is 296 g/mol. The number of aryl methyl sites for hydroxylation is 1. The van der Waals surface area contributed by atoms with Crippen molar-refractivity contribution >= 4 is 11.4 Å². The number of nitrogens with one attached hydrogen (secondary N) is 1. The van der Waals surface area contributed by atoms with E-state index in [9.17, 15) is 0 Å². The minimum absolute atomic E-state index is 0.838. The van der Waals surface area contributed by atoms with E-state index in [4.69, 9.17) is 4.99 Å². The number of rotatable bonds is 10. The summed E-state index contributed by atoms with van der Waals surface area (Å²) >= 11 is 0. The third kappa shape index (κ3) is 6.13. The zero-order chi connectivity index (χ0) is 16.2. The second kappa shape index (κ2) is 10.6. The summed E-state index contributed by atoms with van der Waals surface area (Å²) in [5, 5.41) is 3.35. The van der Waals surface area contributed by atoms with Gasteiger partial charge in [-0.25, -0.2) is 4.99 Å². The average Bonchev–Trinajstić information content (AvgIpc) is 2.54. The third-order valence-corrected chi connectivity index (χ3v) is 3.50. The van der Waals surface area contributed by atoms with Crippen LogP contribution in [-0.2, 0) is 0 Å². The molecule has 0 aliphatic carbocycles. The Labute approximate surface area is 135 Å². The number of hydrogen-bond donors (Lipinski definition) is 1. The van der Waals surface area contributed by atoms with Gasteiger partial charge in [-0.15, -0.1) is 0 Å². The van der Waals surface area contributed by atoms with E-state index in [0.717, 1.165) is 29.1 Å². The number of benzene rings is 1. The lowest BCUT2D eigenvalue weighted by molar-refractivity contribution is 0.645. The Bertz CT molecular complexity index is 538. The van der Waals surface area contributed by atoms with E-state index in [1.54, 1.807) is 6.08 Å². The molecule has 0 unspecified atom stereocenters. The number of unbranched alkanes of at least 4 members (excludes halogenated alkanes) is 3. The molecule has 0 spiro atoms. The van der Waals surface area contributed by atoms with Gasteiger partial charge in [-0.3, -0.25) is 0 Å². The van der Waals surface area contributed by atoms with Crippen molar-refractivity contribution in [1.82, 2.24) is 5.32 Å². The first-order valence-corrected chi connectivity index (χ1v) is 8.06. The molecule has 2 heteroatoms. The van der Waals surface area contributed by atoms with Crippen molar-refractivity contribution in [1.29, 1.82) is 0 Å². The van der Waals surface area contributed by atoms with Crippen LogP contribution in [0, 0.1) is 6.92 Å². The molecule has 0 fully saturated rings. The van der Waals surface area contributed by atoms with Crippen molar-refractivity contribution < 1.29 is 0 Å². The van der Waals surface area contributed by atoms with Gasteiger partial charge in [0.05, 0.1) is 11.4 Å². The molecule has 0 aliphatic heterocycles. The van der Waals surface area contributed by atoms with Gasteiger partial charge in [-0.2, -0.15) is 0 Å². The minimum atomic E-state index is 0.838. The molecular weight excluding hydrogens is 268 g/mol. The first kappa shape index (κ1) is 18.0. The maximum atomic E-state index is 4.70. The Kier molecular flexibility index (Phi) is 8.66. The molecule has 0 amide bonds. The van der Waals surface area contributed by atoms with Crippen LogP contribution in [0.15, 0.2) is 66.3 Å². The van der Waals surface area contributed by atoms with E-state index in [0.29, 0.717) is 0 Å². The molecule has 1 rings (SSSR count). The van der Waals surface area contributed by atoms with Crippen molar-refractivity contribution in [3.63, 3.8) is 0 Å². The van der Waals surface area contributed by atoms with Crippen LogP contribution < -0.4 is 5.32 Å². The number of nitrogens with zero attached hydrogens (tertiary/aromatic N) is 1. The molecule has 0 atom stereocenters. The van der Waals surface area contributed by atoms with E-state index in [-0.39, 0.29) is 0 Å². The summed E-state index contributed by atoms with van der Waals surface area (Å²) in [6, 6.07) is 8.08. The summed E-state index contributed by atoms with van der Waals surface area (Å²) in [6.45, 7) is 13.0. The van der Waals surface area contributed by atoms with Gasteiger partial charge in [-0.05, 0) is 31.1 Å². The minimum Gasteiger partial charge on any atom is -0.390 e. The van der Waals surface area contributed by atoms with E-state index < -0.39 is 0 Å². The van der Waals surface area contributed by atoms with Gasteiger partial charge >= 0.3 is 0 Å². The van der Waals surface area contributed by atoms with Crippen LogP contribution in [0.5, 0.6) is 0 Å². The summed E-state index contributed by atoms with van der Waals surface area (Å²) < 4.78 is 0. The van der Waals surface area contributed by atoms with Gasteiger partial charge in [0, 0.05) is 18.3 Å². The molecule has 0 heterocycles. The maximum Gasteiger partial charge on any atom is 0.0717 e. The van der Waals surface area contributed by atoms with Crippen LogP contribution in [-0.4, -0.2) is 12.3 Å². The molecular formula is C20H28N2. The summed E-state index contributed by atoms with van der Waals surface area (Å²) in [5.74, 6) is 0. The number of aliphatic imine (C=N–C) groups is 1. The molecule has 1 N–H and O–H groups in total. The zero-order valence-electron chi connectivity index (χ0n) is 13.9. The summed E-state index contributed by atoms with van der Waals surface area (Å²) in [5.41, 5.74) is 3.92. The summed E-state index contributed by atoms with van der Waals surface area (Å²) in [4.78, 5) is 4.70. The van der Waals surface area contributed by atoms with Crippen LogP contribution >= 0.6 is 0 Å². The van der Waals surface area contributed by atoms with Gasteiger partial charge in [0.15, 0.2) is 0 Å². The number of hydrogen-bond acceptors (Lipinski definition) is 2. The number of para-hydroxylation sites is 1. The molecule has 2 nitrogen and oxygen atoms in total. The average molecular weight is 296 g/mol. The smallest absolute Gasteiger partial charge is 0.0717 e. The molecule has 0 saturated heterocycles. The largest absolute Gasteiger partial charge is 0.390 e. The first-order valence-electron chi connectivity index (χ1n) is 8.06. The van der Waals surface area contributed by atoms with E-state index in [1.807, 2.05) is 30.5 Å². The second-order valence-electron chi connectivity index (χ2n) is 5.31. The molecule has 0 bridgehead atoms. The quantitative estimate of drug-likeness (QED) is 0.344. The highest BCUT2D eigenvalue weighted by atomic mass is 14.8. The fraction of sp³-hybridized carbons (Fsp3) is 0.350. The topological polar surface area (TPSA) is 24.4 Å². The Hall–Kier alpha value is -2.09. The molecule has 118 valence electrons. The molecule has 0 aromatic heterocycles. The second-order valence-corrected chi connectivity index (χ2v) is 5.31. The highest BCUT2D eigenvalue weighted by molar-refractivity contribution is 6.11. The van der Waals surface area contributed by atoms with Gasteiger partial charge in [0.25, 0.3) is 0 Å². The molecule has 22 heavy (non-hydrogen) atoms. The third-order valence-electron chi connectivity index (χ3n) is 3.50. The predicted octanol–water partition coefficient (Wildman–Crippen LogP) is 5.49. The molecule has 1 aromatic rings. The van der Waals surface area contributed by atoms with Crippen molar-refractivity contribution in [2.24, 2.45) is 4.99 Å². The number of allylic oxidation sites excluding steroid dienone is 3. The van der Waals surface area contributed by atoms with Gasteiger partial charge in [0.2, 0.25) is 0 Å². The zero-order valence-corrected chi connectivity index (χ0v) is 13.9. The normalized spacial score (nSPS) is 12.1. The Balaban J connectivity index is 2.75. The van der Waals surface area contributed by atoms with Crippen molar-refractivity contribution in [2.75, 3.05) is 6.54 Å². The lowest BCUT2D eigenvalue weighted by atomic mass is 10.1. The van der Waals surface area contributed by atoms with E-state index >= 15 is 0 Å². The van der Waals surface area contributed by atoms with Crippen molar-refractivity contribution in [3.8, 4) is 0 Å². The van der Waals surface area contributed by atoms with Crippen LogP contribution in [0.4, 0.5) is 5.69 Å². The Morgan fingerprint density at radius 3 is 2.55 bits per heavy atom.